The predicted molar refractivity (Wildman–Crippen MR) is 45.2 cm³/mol. The minimum absolute atomic E-state index is 0.134. The van der Waals surface area contributed by atoms with E-state index in [4.69, 9.17) is 0 Å². The molecule has 2 atom stereocenters. The SMILES string of the molecule is C=CNC1CNCCCC1O. The lowest BCUT2D eigenvalue weighted by molar-refractivity contribution is 0.131. The van der Waals surface area contributed by atoms with Crippen molar-refractivity contribution in [2.24, 2.45) is 0 Å². The van der Waals surface area contributed by atoms with Crippen molar-refractivity contribution >= 4 is 0 Å². The number of rotatable bonds is 2. The fourth-order valence-corrected chi connectivity index (χ4v) is 1.35. The Morgan fingerprint density at radius 2 is 2.45 bits per heavy atom. The summed E-state index contributed by atoms with van der Waals surface area (Å²) in [5.74, 6) is 0. The van der Waals surface area contributed by atoms with Crippen LogP contribution >= 0.6 is 0 Å². The molecule has 1 fully saturated rings. The summed E-state index contributed by atoms with van der Waals surface area (Å²) in [6.07, 6.45) is 3.33. The van der Waals surface area contributed by atoms with Crippen LogP contribution in [-0.4, -0.2) is 30.3 Å². The minimum Gasteiger partial charge on any atom is -0.391 e. The highest BCUT2D eigenvalue weighted by atomic mass is 16.3. The third-order valence-electron chi connectivity index (χ3n) is 2.01. The standard InChI is InChI=1S/C8H16N2O/c1-2-10-7-6-9-5-3-4-8(7)11/h2,7-11H,1,3-6H2. The highest BCUT2D eigenvalue weighted by molar-refractivity contribution is 4.84. The maximum atomic E-state index is 9.53. The molecule has 2 unspecified atom stereocenters. The highest BCUT2D eigenvalue weighted by Gasteiger charge is 2.19. The summed E-state index contributed by atoms with van der Waals surface area (Å²) in [6, 6.07) is 0.134. The maximum Gasteiger partial charge on any atom is 0.0753 e. The lowest BCUT2D eigenvalue weighted by atomic mass is 10.1. The van der Waals surface area contributed by atoms with E-state index in [9.17, 15) is 5.11 Å². The summed E-state index contributed by atoms with van der Waals surface area (Å²) in [5, 5.41) is 15.8. The van der Waals surface area contributed by atoms with Crippen LogP contribution in [0.5, 0.6) is 0 Å². The van der Waals surface area contributed by atoms with Crippen molar-refractivity contribution in [3.63, 3.8) is 0 Å². The van der Waals surface area contributed by atoms with Gasteiger partial charge in [-0.15, -0.1) is 0 Å². The Morgan fingerprint density at radius 3 is 3.18 bits per heavy atom. The molecule has 1 saturated heterocycles. The van der Waals surface area contributed by atoms with Gasteiger partial charge in [-0.25, -0.2) is 0 Å². The van der Waals surface area contributed by atoms with E-state index in [0.29, 0.717) is 0 Å². The van der Waals surface area contributed by atoms with Gasteiger partial charge in [-0.3, -0.25) is 0 Å². The van der Waals surface area contributed by atoms with E-state index >= 15 is 0 Å². The molecule has 3 N–H and O–H groups in total. The second kappa shape index (κ2) is 4.36. The van der Waals surface area contributed by atoms with Crippen molar-refractivity contribution in [1.82, 2.24) is 10.6 Å². The van der Waals surface area contributed by atoms with Crippen LogP contribution in [0.3, 0.4) is 0 Å². The molecule has 0 aromatic carbocycles. The van der Waals surface area contributed by atoms with Gasteiger partial charge in [-0.2, -0.15) is 0 Å². The molecule has 0 saturated carbocycles. The summed E-state index contributed by atoms with van der Waals surface area (Å²) in [6.45, 7) is 5.40. The topological polar surface area (TPSA) is 44.3 Å². The molecule has 1 heterocycles. The first-order chi connectivity index (χ1) is 5.34. The van der Waals surface area contributed by atoms with Crippen LogP contribution in [0.2, 0.25) is 0 Å². The molecule has 3 heteroatoms. The fourth-order valence-electron chi connectivity index (χ4n) is 1.35. The zero-order valence-electron chi connectivity index (χ0n) is 6.71. The molecule has 0 aliphatic carbocycles. The van der Waals surface area contributed by atoms with Crippen LogP contribution in [0.1, 0.15) is 12.8 Å². The minimum atomic E-state index is -0.233. The Kier molecular flexibility index (Phi) is 3.39. The molecule has 0 bridgehead atoms. The molecule has 0 radical (unpaired) electrons. The Balaban J connectivity index is 2.38. The first kappa shape index (κ1) is 8.56. The largest absolute Gasteiger partial charge is 0.391 e. The molecule has 1 aliphatic rings. The lowest BCUT2D eigenvalue weighted by Crippen LogP contribution is -2.42. The Hall–Kier alpha value is -0.540. The molecule has 0 aromatic heterocycles. The molecular formula is C8H16N2O. The molecule has 3 nitrogen and oxygen atoms in total. The fraction of sp³-hybridized carbons (Fsp3) is 0.750. The van der Waals surface area contributed by atoms with E-state index in [1.807, 2.05) is 0 Å². The van der Waals surface area contributed by atoms with Crippen molar-refractivity contribution in [2.75, 3.05) is 13.1 Å². The molecule has 0 spiro atoms. The van der Waals surface area contributed by atoms with Crippen LogP contribution < -0.4 is 10.6 Å². The maximum absolute atomic E-state index is 9.53. The number of aliphatic hydroxyl groups is 1. The molecule has 1 aliphatic heterocycles. The number of nitrogens with one attached hydrogen (secondary N) is 2. The van der Waals surface area contributed by atoms with Crippen LogP contribution in [0, 0.1) is 0 Å². The average Bonchev–Trinajstić information content (AvgIpc) is 2.18. The average molecular weight is 156 g/mol. The summed E-state index contributed by atoms with van der Waals surface area (Å²) >= 11 is 0. The quantitative estimate of drug-likeness (QED) is 0.520. The van der Waals surface area contributed by atoms with Gasteiger partial charge < -0.3 is 15.7 Å². The van der Waals surface area contributed by atoms with Crippen LogP contribution in [0.4, 0.5) is 0 Å². The van der Waals surface area contributed by atoms with Crippen molar-refractivity contribution in [3.05, 3.63) is 12.8 Å². The third-order valence-corrected chi connectivity index (χ3v) is 2.01. The van der Waals surface area contributed by atoms with Crippen molar-refractivity contribution in [1.29, 1.82) is 0 Å². The molecule has 11 heavy (non-hydrogen) atoms. The van der Waals surface area contributed by atoms with E-state index in [1.54, 1.807) is 6.20 Å². The van der Waals surface area contributed by atoms with Gasteiger partial charge in [-0.05, 0) is 25.6 Å². The van der Waals surface area contributed by atoms with Crippen molar-refractivity contribution in [3.8, 4) is 0 Å². The lowest BCUT2D eigenvalue weighted by Gasteiger charge is -2.19. The summed E-state index contributed by atoms with van der Waals surface area (Å²) in [7, 11) is 0. The Bertz CT molecular complexity index is 127. The van der Waals surface area contributed by atoms with E-state index in [0.717, 1.165) is 25.9 Å². The second-order valence-corrected chi connectivity index (χ2v) is 2.89. The van der Waals surface area contributed by atoms with Gasteiger partial charge in [0, 0.05) is 6.54 Å². The summed E-state index contributed by atoms with van der Waals surface area (Å²) < 4.78 is 0. The third kappa shape index (κ3) is 2.52. The highest BCUT2D eigenvalue weighted by Crippen LogP contribution is 2.05. The second-order valence-electron chi connectivity index (χ2n) is 2.89. The number of hydrogen-bond acceptors (Lipinski definition) is 3. The van der Waals surface area contributed by atoms with E-state index in [2.05, 4.69) is 17.2 Å². The first-order valence-corrected chi connectivity index (χ1v) is 4.10. The first-order valence-electron chi connectivity index (χ1n) is 4.10. The summed E-state index contributed by atoms with van der Waals surface area (Å²) in [5.41, 5.74) is 0. The zero-order chi connectivity index (χ0) is 8.10. The van der Waals surface area contributed by atoms with E-state index < -0.39 is 0 Å². The van der Waals surface area contributed by atoms with Crippen molar-refractivity contribution < 1.29 is 5.11 Å². The van der Waals surface area contributed by atoms with E-state index in [1.165, 1.54) is 0 Å². The van der Waals surface area contributed by atoms with Gasteiger partial charge in [0.05, 0.1) is 12.1 Å². The van der Waals surface area contributed by atoms with Gasteiger partial charge in [0.2, 0.25) is 0 Å². The van der Waals surface area contributed by atoms with Gasteiger partial charge in [0.25, 0.3) is 0 Å². The molecule has 64 valence electrons. The van der Waals surface area contributed by atoms with Gasteiger partial charge in [0.15, 0.2) is 0 Å². The normalized spacial score (nSPS) is 32.5. The Morgan fingerprint density at radius 1 is 1.64 bits per heavy atom. The monoisotopic (exact) mass is 156 g/mol. The van der Waals surface area contributed by atoms with Gasteiger partial charge in [0.1, 0.15) is 0 Å². The molecule has 0 aromatic rings. The van der Waals surface area contributed by atoms with Crippen LogP contribution in [-0.2, 0) is 0 Å². The molecular weight excluding hydrogens is 140 g/mol. The van der Waals surface area contributed by atoms with Gasteiger partial charge >= 0.3 is 0 Å². The smallest absolute Gasteiger partial charge is 0.0753 e. The van der Waals surface area contributed by atoms with Crippen molar-refractivity contribution in [2.45, 2.75) is 25.0 Å². The van der Waals surface area contributed by atoms with E-state index in [-0.39, 0.29) is 12.1 Å². The number of aliphatic hydroxyl groups excluding tert-OH is 1. The van der Waals surface area contributed by atoms with Crippen LogP contribution in [0.15, 0.2) is 12.8 Å². The predicted octanol–water partition coefficient (Wildman–Crippen LogP) is -0.168. The van der Waals surface area contributed by atoms with Gasteiger partial charge in [-0.1, -0.05) is 6.58 Å². The Labute approximate surface area is 67.5 Å². The zero-order valence-corrected chi connectivity index (χ0v) is 6.71. The van der Waals surface area contributed by atoms with Crippen LogP contribution in [0.25, 0.3) is 0 Å². The molecule has 0 amide bonds. The summed E-state index contributed by atoms with van der Waals surface area (Å²) in [4.78, 5) is 0. The molecule has 1 rings (SSSR count). The number of hydrogen-bond donors (Lipinski definition) is 3.